The highest BCUT2D eigenvalue weighted by atomic mass is 19.1. The van der Waals surface area contributed by atoms with E-state index in [4.69, 9.17) is 4.74 Å². The van der Waals surface area contributed by atoms with Crippen molar-refractivity contribution < 1.29 is 9.13 Å². The van der Waals surface area contributed by atoms with E-state index in [9.17, 15) is 4.39 Å². The van der Waals surface area contributed by atoms with Crippen LogP contribution in [0.5, 0.6) is 5.75 Å². The highest BCUT2D eigenvalue weighted by Gasteiger charge is 2.05. The Hall–Kier alpha value is -2.03. The summed E-state index contributed by atoms with van der Waals surface area (Å²) in [6.45, 7) is 2.03. The van der Waals surface area contributed by atoms with Crippen LogP contribution in [0.2, 0.25) is 0 Å². The number of ether oxygens (including phenoxy) is 1. The maximum absolute atomic E-state index is 12.8. The molecule has 0 amide bonds. The molecule has 1 N–H and O–H groups in total. The number of nitrogens with one attached hydrogen (secondary N) is 1. The second-order valence-electron chi connectivity index (χ2n) is 4.15. The fourth-order valence-electron chi connectivity index (χ4n) is 1.80. The minimum atomic E-state index is -0.215. The van der Waals surface area contributed by atoms with Crippen molar-refractivity contribution in [3.8, 4) is 5.75 Å². The summed E-state index contributed by atoms with van der Waals surface area (Å²) in [4.78, 5) is 0. The molecule has 2 nitrogen and oxygen atoms in total. The Balaban J connectivity index is 2.10. The van der Waals surface area contributed by atoms with Crippen molar-refractivity contribution in [3.63, 3.8) is 0 Å². The Kier molecular flexibility index (Phi) is 3.82. The molecule has 0 aromatic heterocycles. The van der Waals surface area contributed by atoms with Gasteiger partial charge in [-0.15, -0.1) is 0 Å². The average molecular weight is 245 g/mol. The fraction of sp³-hybridized carbons (Fsp3) is 0.200. The van der Waals surface area contributed by atoms with Gasteiger partial charge in [0.15, 0.2) is 0 Å². The monoisotopic (exact) mass is 245 g/mol. The maximum atomic E-state index is 12.8. The summed E-state index contributed by atoms with van der Waals surface area (Å²) in [5, 5.41) is 3.35. The molecule has 0 aliphatic carbocycles. The first-order chi connectivity index (χ1) is 8.69. The molecule has 94 valence electrons. The fourth-order valence-corrected chi connectivity index (χ4v) is 1.80. The lowest BCUT2D eigenvalue weighted by molar-refractivity contribution is 0.415. The number of hydrogen-bond donors (Lipinski definition) is 1. The zero-order valence-electron chi connectivity index (χ0n) is 10.5. The van der Waals surface area contributed by atoms with Crippen molar-refractivity contribution in [3.05, 3.63) is 59.9 Å². The smallest absolute Gasteiger partial charge is 0.123 e. The lowest BCUT2D eigenvalue weighted by Crippen LogP contribution is -2.06. The molecule has 0 heterocycles. The van der Waals surface area contributed by atoms with E-state index in [0.29, 0.717) is 0 Å². The van der Waals surface area contributed by atoms with Crippen molar-refractivity contribution in [2.24, 2.45) is 0 Å². The van der Waals surface area contributed by atoms with E-state index in [1.54, 1.807) is 19.2 Å². The van der Waals surface area contributed by atoms with Crippen molar-refractivity contribution in [2.45, 2.75) is 13.0 Å². The maximum Gasteiger partial charge on any atom is 0.123 e. The molecule has 0 bridgehead atoms. The van der Waals surface area contributed by atoms with E-state index >= 15 is 0 Å². The van der Waals surface area contributed by atoms with Gasteiger partial charge in [-0.1, -0.05) is 18.2 Å². The Morgan fingerprint density at radius 1 is 1.11 bits per heavy atom. The normalized spacial score (nSPS) is 11.9. The third-order valence-corrected chi connectivity index (χ3v) is 2.82. The van der Waals surface area contributed by atoms with Gasteiger partial charge in [0.1, 0.15) is 11.6 Å². The van der Waals surface area contributed by atoms with Crippen LogP contribution in [-0.2, 0) is 0 Å². The molecule has 3 heteroatoms. The Labute approximate surface area is 106 Å². The number of rotatable bonds is 4. The van der Waals surface area contributed by atoms with Crippen LogP contribution >= 0.6 is 0 Å². The van der Waals surface area contributed by atoms with Crippen LogP contribution in [0.1, 0.15) is 18.5 Å². The van der Waals surface area contributed by atoms with Gasteiger partial charge in [0, 0.05) is 17.8 Å². The van der Waals surface area contributed by atoms with Crippen LogP contribution in [0.15, 0.2) is 48.5 Å². The number of anilines is 1. The van der Waals surface area contributed by atoms with E-state index in [1.165, 1.54) is 12.1 Å². The molecule has 0 aliphatic heterocycles. The molecule has 2 aromatic carbocycles. The van der Waals surface area contributed by atoms with Crippen LogP contribution in [0.4, 0.5) is 10.1 Å². The van der Waals surface area contributed by atoms with Crippen molar-refractivity contribution in [1.29, 1.82) is 0 Å². The molecule has 1 atom stereocenters. The molecule has 2 aromatic rings. The third kappa shape index (κ3) is 3.00. The first kappa shape index (κ1) is 12.4. The highest BCUT2D eigenvalue weighted by Crippen LogP contribution is 2.22. The Morgan fingerprint density at radius 3 is 2.50 bits per heavy atom. The molecule has 0 saturated heterocycles. The number of benzene rings is 2. The molecule has 18 heavy (non-hydrogen) atoms. The molecule has 2 rings (SSSR count). The van der Waals surface area contributed by atoms with Gasteiger partial charge < -0.3 is 10.1 Å². The van der Waals surface area contributed by atoms with Crippen LogP contribution < -0.4 is 10.1 Å². The lowest BCUT2D eigenvalue weighted by atomic mass is 10.1. The molecule has 0 saturated carbocycles. The first-order valence-corrected chi connectivity index (χ1v) is 5.85. The predicted molar refractivity (Wildman–Crippen MR) is 71.4 cm³/mol. The van der Waals surface area contributed by atoms with Crippen molar-refractivity contribution >= 4 is 5.69 Å². The standard InChI is InChI=1S/C15H16FNO/c1-11(12-6-8-13(16)9-7-12)17-14-4-3-5-15(10-14)18-2/h3-11,17H,1-2H3. The van der Waals surface area contributed by atoms with Crippen molar-refractivity contribution in [1.82, 2.24) is 0 Å². The van der Waals surface area contributed by atoms with Crippen molar-refractivity contribution in [2.75, 3.05) is 12.4 Å². The van der Waals surface area contributed by atoms with Crippen LogP contribution in [0.3, 0.4) is 0 Å². The van der Waals surface area contributed by atoms with Gasteiger partial charge in [-0.05, 0) is 36.8 Å². The van der Waals surface area contributed by atoms with Gasteiger partial charge in [0.2, 0.25) is 0 Å². The first-order valence-electron chi connectivity index (χ1n) is 5.85. The minimum Gasteiger partial charge on any atom is -0.497 e. The average Bonchev–Trinajstić information content (AvgIpc) is 2.39. The van der Waals surface area contributed by atoms with Gasteiger partial charge in [-0.3, -0.25) is 0 Å². The topological polar surface area (TPSA) is 21.3 Å². The van der Waals surface area contributed by atoms with Crippen LogP contribution in [0, 0.1) is 5.82 Å². The molecule has 1 unspecified atom stereocenters. The minimum absolute atomic E-state index is 0.109. The van der Waals surface area contributed by atoms with Gasteiger partial charge in [0.25, 0.3) is 0 Å². The van der Waals surface area contributed by atoms with Gasteiger partial charge in [0.05, 0.1) is 7.11 Å². The number of halogens is 1. The SMILES string of the molecule is COc1cccc(NC(C)c2ccc(F)cc2)c1. The van der Waals surface area contributed by atoms with E-state index in [0.717, 1.165) is 17.0 Å². The zero-order chi connectivity index (χ0) is 13.0. The Bertz CT molecular complexity index is 510. The van der Waals surface area contributed by atoms with Gasteiger partial charge >= 0.3 is 0 Å². The zero-order valence-corrected chi connectivity index (χ0v) is 10.5. The third-order valence-electron chi connectivity index (χ3n) is 2.82. The molecule has 0 fully saturated rings. The highest BCUT2D eigenvalue weighted by molar-refractivity contribution is 5.49. The summed E-state index contributed by atoms with van der Waals surface area (Å²) >= 11 is 0. The molecule has 0 radical (unpaired) electrons. The second-order valence-corrected chi connectivity index (χ2v) is 4.15. The van der Waals surface area contributed by atoms with Gasteiger partial charge in [-0.2, -0.15) is 0 Å². The lowest BCUT2D eigenvalue weighted by Gasteiger charge is -2.16. The summed E-state index contributed by atoms with van der Waals surface area (Å²) in [5.74, 6) is 0.596. The quantitative estimate of drug-likeness (QED) is 0.878. The molecule has 0 aliphatic rings. The summed E-state index contributed by atoms with van der Waals surface area (Å²) in [6.07, 6.45) is 0. The number of hydrogen-bond acceptors (Lipinski definition) is 2. The molecular weight excluding hydrogens is 229 g/mol. The molecular formula is C15H16FNO. The number of methoxy groups -OCH3 is 1. The van der Waals surface area contributed by atoms with E-state index in [2.05, 4.69) is 5.32 Å². The predicted octanol–water partition coefficient (Wildman–Crippen LogP) is 4.01. The largest absolute Gasteiger partial charge is 0.497 e. The van der Waals surface area contributed by atoms with Crippen LogP contribution in [-0.4, -0.2) is 7.11 Å². The van der Waals surface area contributed by atoms with Gasteiger partial charge in [-0.25, -0.2) is 4.39 Å². The summed E-state index contributed by atoms with van der Waals surface area (Å²) in [7, 11) is 1.64. The summed E-state index contributed by atoms with van der Waals surface area (Å²) in [6, 6.07) is 14.4. The Morgan fingerprint density at radius 2 is 1.83 bits per heavy atom. The second kappa shape index (κ2) is 5.54. The van der Waals surface area contributed by atoms with E-state index in [1.807, 2.05) is 31.2 Å². The summed E-state index contributed by atoms with van der Waals surface area (Å²) in [5.41, 5.74) is 2.02. The van der Waals surface area contributed by atoms with E-state index < -0.39 is 0 Å². The molecule has 0 spiro atoms. The summed E-state index contributed by atoms with van der Waals surface area (Å²) < 4.78 is 18.0. The van der Waals surface area contributed by atoms with E-state index in [-0.39, 0.29) is 11.9 Å². The van der Waals surface area contributed by atoms with Crippen LogP contribution in [0.25, 0.3) is 0 Å².